The van der Waals surface area contributed by atoms with Gasteiger partial charge in [-0.1, -0.05) is 5.21 Å². The molecule has 1 saturated carbocycles. The molecule has 0 bridgehead atoms. The maximum Gasteiger partial charge on any atom is 0.263 e. The molecule has 6 rings (SSSR count). The van der Waals surface area contributed by atoms with Gasteiger partial charge >= 0.3 is 0 Å². The number of amides is 2. The summed E-state index contributed by atoms with van der Waals surface area (Å²) in [5, 5.41) is 30.6. The van der Waals surface area contributed by atoms with Crippen molar-refractivity contribution in [1.29, 1.82) is 5.26 Å². The van der Waals surface area contributed by atoms with Crippen molar-refractivity contribution in [3.05, 3.63) is 49.1 Å². The van der Waals surface area contributed by atoms with E-state index in [4.69, 9.17) is 0 Å². The highest BCUT2D eigenvalue weighted by Gasteiger charge is 2.54. The molecule has 10 nitrogen and oxygen atoms in total. The number of carbonyl (C=O) groups excluding carboxylic acids is 2. The van der Waals surface area contributed by atoms with Crippen molar-refractivity contribution in [3.8, 4) is 6.07 Å². The van der Waals surface area contributed by atoms with Gasteiger partial charge in [0.1, 0.15) is 6.04 Å². The van der Waals surface area contributed by atoms with Crippen LogP contribution in [-0.4, -0.2) is 81.0 Å². The molecule has 2 aliphatic carbocycles. The van der Waals surface area contributed by atoms with Crippen molar-refractivity contribution in [3.63, 3.8) is 0 Å². The first kappa shape index (κ1) is 25.2. The van der Waals surface area contributed by atoms with E-state index in [0.29, 0.717) is 23.0 Å². The van der Waals surface area contributed by atoms with Crippen molar-refractivity contribution in [2.75, 3.05) is 20.6 Å². The Bertz CT molecular complexity index is 1410. The molecule has 0 aromatic carbocycles. The van der Waals surface area contributed by atoms with Crippen LogP contribution in [0.2, 0.25) is 0 Å². The normalized spacial score (nSPS) is 26.1. The van der Waals surface area contributed by atoms with Gasteiger partial charge in [0, 0.05) is 35.9 Å². The Morgan fingerprint density at radius 2 is 2.13 bits per heavy atom. The number of H-pyrrole nitrogens is 1. The summed E-state index contributed by atoms with van der Waals surface area (Å²) in [7, 11) is 3.53. The Hall–Kier alpha value is -3.14. The van der Waals surface area contributed by atoms with Gasteiger partial charge in [0.25, 0.3) is 5.91 Å². The van der Waals surface area contributed by atoms with Crippen LogP contribution in [0.25, 0.3) is 0 Å². The lowest BCUT2D eigenvalue weighted by atomic mass is 9.70. The fourth-order valence-corrected chi connectivity index (χ4v) is 8.51. The number of fused-ring (bicyclic) bond motifs is 3. The number of likely N-dealkylation sites (tertiary alicyclic amines) is 1. The summed E-state index contributed by atoms with van der Waals surface area (Å²) in [6, 6.07) is 6.27. The highest BCUT2D eigenvalue weighted by molar-refractivity contribution is 7.14. The third-order valence-electron chi connectivity index (χ3n) is 8.15. The van der Waals surface area contributed by atoms with Gasteiger partial charge in [-0.2, -0.15) is 10.5 Å². The Morgan fingerprint density at radius 1 is 1.32 bits per heavy atom. The van der Waals surface area contributed by atoms with Crippen LogP contribution in [0.5, 0.6) is 0 Å². The minimum Gasteiger partial charge on any atom is -0.344 e. The number of aromatic amines is 1. The predicted molar refractivity (Wildman–Crippen MR) is 143 cm³/mol. The maximum absolute atomic E-state index is 13.1. The van der Waals surface area contributed by atoms with Crippen LogP contribution in [-0.2, 0) is 23.1 Å². The monoisotopic (exact) mass is 550 g/mol. The van der Waals surface area contributed by atoms with E-state index >= 15 is 0 Å². The molecule has 2 amide bonds. The van der Waals surface area contributed by atoms with Gasteiger partial charge in [0.2, 0.25) is 5.91 Å². The molecular formula is C26H30N8O2S2. The van der Waals surface area contributed by atoms with E-state index in [1.807, 2.05) is 6.07 Å². The second kappa shape index (κ2) is 9.55. The number of nitrogens with zero attached hydrogens (tertiary/aromatic N) is 6. The molecule has 2 fully saturated rings. The number of thiophene rings is 2. The minimum absolute atomic E-state index is 0.0193. The third-order valence-corrected chi connectivity index (χ3v) is 10.3. The quantitative estimate of drug-likeness (QED) is 0.462. The predicted octanol–water partition coefficient (Wildman–Crippen LogP) is 2.34. The van der Waals surface area contributed by atoms with Crippen molar-refractivity contribution < 1.29 is 9.59 Å². The van der Waals surface area contributed by atoms with E-state index in [-0.39, 0.29) is 36.5 Å². The zero-order chi connectivity index (χ0) is 26.6. The molecule has 3 aliphatic rings. The van der Waals surface area contributed by atoms with Crippen LogP contribution in [0.4, 0.5) is 0 Å². The lowest BCUT2D eigenvalue weighted by Crippen LogP contribution is -2.46. The van der Waals surface area contributed by atoms with Crippen molar-refractivity contribution in [2.45, 2.75) is 62.6 Å². The molecule has 2 unspecified atom stereocenters. The summed E-state index contributed by atoms with van der Waals surface area (Å²) in [5.41, 5.74) is 1.44. The molecule has 0 radical (unpaired) electrons. The Balaban J connectivity index is 1.34. The van der Waals surface area contributed by atoms with Crippen LogP contribution in [0.15, 0.2) is 17.5 Å². The van der Waals surface area contributed by atoms with Crippen molar-refractivity contribution in [1.82, 2.24) is 35.7 Å². The van der Waals surface area contributed by atoms with Crippen molar-refractivity contribution >= 4 is 34.5 Å². The molecule has 1 saturated heterocycles. The number of aryl methyl sites for hydroxylation is 2. The number of piperidine rings is 1. The minimum atomic E-state index is -0.727. The number of hydrogen-bond donors (Lipinski definition) is 2. The number of rotatable bonds is 7. The smallest absolute Gasteiger partial charge is 0.263 e. The highest BCUT2D eigenvalue weighted by Crippen LogP contribution is 2.50. The summed E-state index contributed by atoms with van der Waals surface area (Å²) >= 11 is 3.27. The summed E-state index contributed by atoms with van der Waals surface area (Å²) < 4.78 is 0. The summed E-state index contributed by atoms with van der Waals surface area (Å²) in [6.07, 6.45) is 4.09. The van der Waals surface area contributed by atoms with Crippen molar-refractivity contribution in [2.24, 2.45) is 5.92 Å². The van der Waals surface area contributed by atoms with Crippen LogP contribution >= 0.6 is 22.7 Å². The number of nitriles is 1. The van der Waals surface area contributed by atoms with E-state index in [9.17, 15) is 14.9 Å². The van der Waals surface area contributed by atoms with Gasteiger partial charge in [0.05, 0.1) is 22.9 Å². The van der Waals surface area contributed by atoms with Crippen LogP contribution in [0, 0.1) is 17.2 Å². The molecule has 0 spiro atoms. The van der Waals surface area contributed by atoms with Gasteiger partial charge in [0.15, 0.2) is 5.82 Å². The van der Waals surface area contributed by atoms with E-state index in [2.05, 4.69) is 50.4 Å². The fraction of sp³-hybridized carbons (Fsp3) is 0.538. The summed E-state index contributed by atoms with van der Waals surface area (Å²) in [5.74, 6) is 1.01. The van der Waals surface area contributed by atoms with E-state index < -0.39 is 5.41 Å². The molecule has 38 heavy (non-hydrogen) atoms. The lowest BCUT2D eigenvalue weighted by Gasteiger charge is -2.34. The highest BCUT2D eigenvalue weighted by atomic mass is 32.1. The van der Waals surface area contributed by atoms with E-state index in [1.165, 1.54) is 4.88 Å². The molecule has 2 N–H and O–H groups in total. The zero-order valence-electron chi connectivity index (χ0n) is 21.6. The molecular weight excluding hydrogens is 520 g/mol. The van der Waals surface area contributed by atoms with Gasteiger partial charge < -0.3 is 15.1 Å². The van der Waals surface area contributed by atoms with E-state index in [1.54, 1.807) is 46.6 Å². The molecule has 198 valence electrons. The first-order chi connectivity index (χ1) is 18.3. The van der Waals surface area contributed by atoms with Gasteiger partial charge in [-0.05, 0) is 73.6 Å². The average molecular weight is 551 g/mol. The van der Waals surface area contributed by atoms with E-state index in [0.717, 1.165) is 41.7 Å². The summed E-state index contributed by atoms with van der Waals surface area (Å²) in [6.45, 7) is 2.23. The molecule has 3 aromatic rings. The Morgan fingerprint density at radius 3 is 2.87 bits per heavy atom. The average Bonchev–Trinajstić information content (AvgIpc) is 3.43. The van der Waals surface area contributed by atoms with Gasteiger partial charge in [-0.3, -0.25) is 9.59 Å². The number of carbonyl (C=O) groups is 2. The second-order valence-corrected chi connectivity index (χ2v) is 12.9. The largest absolute Gasteiger partial charge is 0.344 e. The molecule has 1 aliphatic heterocycles. The number of hydrogen-bond acceptors (Lipinski definition) is 9. The van der Waals surface area contributed by atoms with Crippen LogP contribution in [0.1, 0.15) is 62.6 Å². The molecule has 12 heteroatoms. The molecule has 5 atom stereocenters. The maximum atomic E-state index is 13.1. The standard InChI is InChI=1S/C26H30N8O2S2/c1-14(28-13-23(35)34-16(12-27)8-15-9-19(15)34)11-26(25-29-31-32-30-25)17-6-7-37-20(17)4-5-21-18(26)10-22(38-21)24(36)33(2)3/h6-7,10,14-16,19,28H,4-5,8-9,11,13H2,1-3H3,(H,29,30,31,32)/t14-,15-,16?,19+,26?/m1/s1. The molecule has 3 aromatic heterocycles. The first-order valence-electron chi connectivity index (χ1n) is 12.9. The summed E-state index contributed by atoms with van der Waals surface area (Å²) in [4.78, 5) is 32.6. The number of aromatic nitrogens is 4. The van der Waals surface area contributed by atoms with Gasteiger partial charge in [-0.25, -0.2) is 0 Å². The van der Waals surface area contributed by atoms with Gasteiger partial charge in [-0.15, -0.1) is 32.9 Å². The van der Waals surface area contributed by atoms with Crippen LogP contribution < -0.4 is 5.32 Å². The Labute approximate surface area is 229 Å². The SMILES string of the molecule is C[C@H](CC1(c2nn[nH]n2)c2ccsc2CCc2sc(C(=O)N(C)C)cc21)NCC(=O)N1C(C#N)C[C@@H]2C[C@@H]21. The fourth-order valence-electron chi connectivity index (χ4n) is 6.30. The Kier molecular flexibility index (Phi) is 6.32. The second-order valence-electron chi connectivity index (χ2n) is 10.8. The zero-order valence-corrected chi connectivity index (χ0v) is 23.2. The number of nitrogens with one attached hydrogen (secondary N) is 2. The molecule has 4 heterocycles. The van der Waals surface area contributed by atoms with Crippen LogP contribution in [0.3, 0.4) is 0 Å². The topological polar surface area (TPSA) is 131 Å². The lowest BCUT2D eigenvalue weighted by molar-refractivity contribution is -0.131. The third kappa shape index (κ3) is 4.04. The first-order valence-corrected chi connectivity index (χ1v) is 14.6. The number of tetrazole rings is 1.